The molecule has 0 aliphatic rings. The van der Waals surface area contributed by atoms with Crippen molar-refractivity contribution in [1.29, 1.82) is 0 Å². The van der Waals surface area contributed by atoms with Crippen LogP contribution >= 0.6 is 0 Å². The number of urea groups is 1. The number of unbranched alkanes of at least 4 members (excludes halogenated alkanes) is 8. The molecule has 2 N–H and O–H groups in total. The Balaban J connectivity index is 1.82. The molecule has 0 saturated carbocycles. The van der Waals surface area contributed by atoms with Crippen LogP contribution < -0.4 is 10.6 Å². The van der Waals surface area contributed by atoms with Gasteiger partial charge in [0.2, 0.25) is 5.95 Å². The second kappa shape index (κ2) is 15.4. The Morgan fingerprint density at radius 3 is 2.00 bits per heavy atom. The predicted octanol–water partition coefficient (Wildman–Crippen LogP) is 7.36. The van der Waals surface area contributed by atoms with Gasteiger partial charge in [0.15, 0.2) is 0 Å². The molecule has 0 atom stereocenters. The number of hydrogen-bond acceptors (Lipinski definition) is 3. The van der Waals surface area contributed by atoms with Crippen LogP contribution in [0.5, 0.6) is 0 Å². The summed E-state index contributed by atoms with van der Waals surface area (Å²) < 4.78 is 1.80. The highest BCUT2D eigenvalue weighted by atomic mass is 16.2. The molecule has 0 radical (unpaired) electrons. The second-order valence-electron chi connectivity index (χ2n) is 8.67. The van der Waals surface area contributed by atoms with Gasteiger partial charge in [0.25, 0.3) is 0 Å². The molecular weight excluding hydrogens is 398 g/mol. The van der Waals surface area contributed by atoms with Crippen LogP contribution in [0.15, 0.2) is 24.5 Å². The van der Waals surface area contributed by atoms with E-state index in [1.807, 2.05) is 0 Å². The average molecular weight is 442 g/mol. The monoisotopic (exact) mass is 441 g/mol. The van der Waals surface area contributed by atoms with E-state index in [2.05, 4.69) is 59.7 Å². The van der Waals surface area contributed by atoms with E-state index in [9.17, 15) is 4.79 Å². The van der Waals surface area contributed by atoms with Crippen molar-refractivity contribution in [2.24, 2.45) is 0 Å². The summed E-state index contributed by atoms with van der Waals surface area (Å²) in [6.45, 7) is 7.35. The molecule has 0 saturated heterocycles. The summed E-state index contributed by atoms with van der Waals surface area (Å²) in [6, 6.07) is 6.03. The zero-order chi connectivity index (χ0) is 23.0. The Labute approximate surface area is 194 Å². The molecule has 2 aromatic rings. The maximum Gasteiger partial charge on any atom is 0.326 e. The van der Waals surface area contributed by atoms with Gasteiger partial charge in [-0.1, -0.05) is 103 Å². The van der Waals surface area contributed by atoms with Crippen molar-refractivity contribution in [3.63, 3.8) is 0 Å². The number of nitrogens with one attached hydrogen (secondary N) is 2. The van der Waals surface area contributed by atoms with Gasteiger partial charge in [-0.2, -0.15) is 10.1 Å². The summed E-state index contributed by atoms with van der Waals surface area (Å²) in [5.41, 5.74) is 3.31. The van der Waals surface area contributed by atoms with E-state index in [1.54, 1.807) is 4.68 Å². The largest absolute Gasteiger partial charge is 0.326 e. The van der Waals surface area contributed by atoms with E-state index in [0.29, 0.717) is 5.95 Å². The van der Waals surface area contributed by atoms with Crippen molar-refractivity contribution in [3.8, 4) is 0 Å². The summed E-state index contributed by atoms with van der Waals surface area (Å²) in [6.07, 6.45) is 17.0. The first-order chi connectivity index (χ1) is 15.7. The van der Waals surface area contributed by atoms with Gasteiger partial charge in [0.1, 0.15) is 6.33 Å². The number of rotatable bonds is 16. The number of aryl methyl sites for hydroxylation is 3. The Morgan fingerprint density at radius 1 is 0.812 bits per heavy atom. The van der Waals surface area contributed by atoms with E-state index < -0.39 is 0 Å². The molecular formula is C26H43N5O. The van der Waals surface area contributed by atoms with Crippen molar-refractivity contribution in [2.75, 3.05) is 10.6 Å². The zero-order valence-electron chi connectivity index (χ0n) is 20.5. The third-order valence-electron chi connectivity index (χ3n) is 5.83. The van der Waals surface area contributed by atoms with Gasteiger partial charge in [-0.25, -0.2) is 9.48 Å². The lowest BCUT2D eigenvalue weighted by Crippen LogP contribution is -2.23. The summed E-state index contributed by atoms with van der Waals surface area (Å²) in [4.78, 5) is 17.0. The van der Waals surface area contributed by atoms with Crippen LogP contribution in [0, 0.1) is 0 Å². The Bertz CT molecular complexity index is 762. The first-order valence-electron chi connectivity index (χ1n) is 12.8. The lowest BCUT2D eigenvalue weighted by Gasteiger charge is -2.16. The third kappa shape index (κ3) is 9.01. The molecule has 2 rings (SSSR count). The van der Waals surface area contributed by atoms with Crippen LogP contribution in [0.4, 0.5) is 16.4 Å². The number of anilines is 2. The molecule has 32 heavy (non-hydrogen) atoms. The Morgan fingerprint density at radius 2 is 1.41 bits per heavy atom. The van der Waals surface area contributed by atoms with Crippen molar-refractivity contribution in [3.05, 3.63) is 35.7 Å². The van der Waals surface area contributed by atoms with Crippen molar-refractivity contribution in [2.45, 2.75) is 111 Å². The van der Waals surface area contributed by atoms with Crippen LogP contribution in [-0.4, -0.2) is 20.8 Å². The fraction of sp³-hybridized carbons (Fsp3) is 0.654. The molecule has 0 fully saturated rings. The van der Waals surface area contributed by atoms with E-state index >= 15 is 0 Å². The molecule has 178 valence electrons. The first-order valence-corrected chi connectivity index (χ1v) is 12.8. The maximum atomic E-state index is 12.8. The smallest absolute Gasteiger partial charge is 0.307 e. The maximum absolute atomic E-state index is 12.8. The molecule has 0 aliphatic heterocycles. The van der Waals surface area contributed by atoms with Gasteiger partial charge < -0.3 is 5.32 Å². The van der Waals surface area contributed by atoms with Gasteiger partial charge in [-0.3, -0.25) is 5.32 Å². The number of carbonyl (C=O) groups is 1. The van der Waals surface area contributed by atoms with Gasteiger partial charge >= 0.3 is 6.03 Å². The van der Waals surface area contributed by atoms with Crippen LogP contribution in [-0.2, 0) is 19.4 Å². The van der Waals surface area contributed by atoms with Crippen LogP contribution in [0.1, 0.15) is 103 Å². The summed E-state index contributed by atoms with van der Waals surface area (Å²) in [7, 11) is 0. The summed E-state index contributed by atoms with van der Waals surface area (Å²) in [5, 5.41) is 10.3. The molecule has 1 aromatic carbocycles. The van der Waals surface area contributed by atoms with Crippen molar-refractivity contribution in [1.82, 2.24) is 14.8 Å². The van der Waals surface area contributed by atoms with E-state index in [-0.39, 0.29) is 6.03 Å². The predicted molar refractivity (Wildman–Crippen MR) is 134 cm³/mol. The molecule has 0 unspecified atom stereocenters. The molecule has 6 nitrogen and oxygen atoms in total. The number of para-hydroxylation sites is 1. The minimum Gasteiger partial charge on any atom is -0.307 e. The standard InChI is InChI=1S/C26H43N5O/c1-4-7-8-9-10-11-12-13-14-20-31-25(27-21-28-31)30-26(32)29-24-22(16-5-2)18-15-19-23(24)17-6-3/h15,18-19,21H,4-14,16-17,20H2,1-3H3,(H2,27,28,29,30,32). The van der Waals surface area contributed by atoms with Crippen LogP contribution in [0.3, 0.4) is 0 Å². The lowest BCUT2D eigenvalue weighted by molar-refractivity contribution is 0.262. The van der Waals surface area contributed by atoms with Gasteiger partial charge in [0, 0.05) is 12.2 Å². The number of nitrogens with zero attached hydrogens (tertiary/aromatic N) is 3. The quantitative estimate of drug-likeness (QED) is 0.267. The molecule has 0 spiro atoms. The third-order valence-corrected chi connectivity index (χ3v) is 5.83. The molecule has 1 heterocycles. The highest BCUT2D eigenvalue weighted by molar-refractivity contribution is 5.99. The highest BCUT2D eigenvalue weighted by Gasteiger charge is 2.13. The average Bonchev–Trinajstić information content (AvgIpc) is 3.21. The fourth-order valence-corrected chi connectivity index (χ4v) is 4.11. The van der Waals surface area contributed by atoms with E-state index in [4.69, 9.17) is 0 Å². The number of benzene rings is 1. The first kappa shape index (κ1) is 25.9. The van der Waals surface area contributed by atoms with Crippen molar-refractivity contribution < 1.29 is 4.79 Å². The Kier molecular flexibility index (Phi) is 12.5. The molecule has 2 amide bonds. The van der Waals surface area contributed by atoms with Crippen molar-refractivity contribution >= 4 is 17.7 Å². The molecule has 0 aliphatic carbocycles. The molecule has 6 heteroatoms. The Hall–Kier alpha value is -2.37. The van der Waals surface area contributed by atoms with Crippen LogP contribution in [0.2, 0.25) is 0 Å². The van der Waals surface area contributed by atoms with E-state index in [0.717, 1.165) is 44.3 Å². The highest BCUT2D eigenvalue weighted by Crippen LogP contribution is 2.24. The van der Waals surface area contributed by atoms with E-state index in [1.165, 1.54) is 68.8 Å². The van der Waals surface area contributed by atoms with Gasteiger partial charge in [-0.05, 0) is 30.4 Å². The summed E-state index contributed by atoms with van der Waals surface area (Å²) >= 11 is 0. The number of carbonyl (C=O) groups excluding carboxylic acids is 1. The lowest BCUT2D eigenvalue weighted by atomic mass is 10.0. The van der Waals surface area contributed by atoms with Gasteiger partial charge in [0.05, 0.1) is 0 Å². The second-order valence-corrected chi connectivity index (χ2v) is 8.67. The number of hydrogen-bond donors (Lipinski definition) is 2. The number of aromatic nitrogens is 3. The summed E-state index contributed by atoms with van der Waals surface area (Å²) in [5.74, 6) is 0.507. The fourth-order valence-electron chi connectivity index (χ4n) is 4.11. The normalized spacial score (nSPS) is 11.0. The molecule has 0 bridgehead atoms. The minimum absolute atomic E-state index is 0.257. The van der Waals surface area contributed by atoms with Crippen LogP contribution in [0.25, 0.3) is 0 Å². The number of amides is 2. The topological polar surface area (TPSA) is 71.8 Å². The SMILES string of the molecule is CCCCCCCCCCCn1ncnc1NC(=O)Nc1c(CCC)cccc1CCC. The zero-order valence-corrected chi connectivity index (χ0v) is 20.5. The van der Waals surface area contributed by atoms with Gasteiger partial charge in [-0.15, -0.1) is 0 Å². The molecule has 1 aromatic heterocycles. The minimum atomic E-state index is -0.257.